The Morgan fingerprint density at radius 1 is 1.42 bits per heavy atom. The van der Waals surface area contributed by atoms with E-state index in [1.54, 1.807) is 7.11 Å². The smallest absolute Gasteiger partial charge is 0.113 e. The van der Waals surface area contributed by atoms with E-state index in [0.717, 1.165) is 45.5 Å². The van der Waals surface area contributed by atoms with E-state index in [1.807, 2.05) is 11.3 Å². The lowest BCUT2D eigenvalue weighted by Gasteiger charge is -2.37. The van der Waals surface area contributed by atoms with Crippen LogP contribution in [-0.4, -0.2) is 38.3 Å². The van der Waals surface area contributed by atoms with Crippen molar-refractivity contribution >= 4 is 11.3 Å². The van der Waals surface area contributed by atoms with Crippen molar-refractivity contribution in [2.24, 2.45) is 0 Å². The Balaban J connectivity index is 2.19. The molecule has 1 aromatic rings. The summed E-state index contributed by atoms with van der Waals surface area (Å²) in [7, 11) is 1.75. The lowest BCUT2D eigenvalue weighted by Crippen LogP contribution is -2.50. The van der Waals surface area contributed by atoms with Crippen molar-refractivity contribution < 1.29 is 4.74 Å². The highest BCUT2D eigenvalue weighted by Gasteiger charge is 2.36. The Morgan fingerprint density at radius 2 is 2.16 bits per heavy atom. The summed E-state index contributed by atoms with van der Waals surface area (Å²) in [5.41, 5.74) is 1.30. The maximum Gasteiger partial charge on any atom is 0.113 e. The normalized spacial score (nSPS) is 18.7. The SMILES string of the molecule is CCc1nc(C2(NCCOC)CCNCC2)sc1C. The van der Waals surface area contributed by atoms with Gasteiger partial charge >= 0.3 is 0 Å². The van der Waals surface area contributed by atoms with Crippen LogP contribution >= 0.6 is 11.3 Å². The molecule has 19 heavy (non-hydrogen) atoms. The third-order valence-corrected chi connectivity index (χ3v) is 5.08. The Morgan fingerprint density at radius 3 is 2.74 bits per heavy atom. The molecule has 0 radical (unpaired) electrons. The number of aryl methyl sites for hydroxylation is 2. The second kappa shape index (κ2) is 6.79. The molecule has 0 aromatic carbocycles. The highest BCUT2D eigenvalue weighted by molar-refractivity contribution is 7.11. The van der Waals surface area contributed by atoms with Crippen LogP contribution in [0.3, 0.4) is 0 Å². The predicted octanol–water partition coefficient (Wildman–Crippen LogP) is 1.83. The molecule has 0 atom stereocenters. The van der Waals surface area contributed by atoms with Gasteiger partial charge in [0, 0.05) is 18.5 Å². The van der Waals surface area contributed by atoms with Crippen molar-refractivity contribution in [2.75, 3.05) is 33.4 Å². The number of nitrogens with one attached hydrogen (secondary N) is 2. The second-order valence-corrected chi connectivity index (χ2v) is 6.33. The molecule has 4 nitrogen and oxygen atoms in total. The molecule has 0 spiro atoms. The van der Waals surface area contributed by atoms with Gasteiger partial charge in [0.1, 0.15) is 5.01 Å². The zero-order valence-corrected chi connectivity index (χ0v) is 13.0. The molecule has 0 bridgehead atoms. The fourth-order valence-electron chi connectivity index (χ4n) is 2.67. The molecule has 0 amide bonds. The average Bonchev–Trinajstić information content (AvgIpc) is 2.82. The molecule has 0 aliphatic carbocycles. The first-order valence-electron chi connectivity index (χ1n) is 7.13. The van der Waals surface area contributed by atoms with Crippen LogP contribution in [0.15, 0.2) is 0 Å². The average molecular weight is 283 g/mol. The number of rotatable bonds is 6. The molecule has 1 saturated heterocycles. The fourth-order valence-corrected chi connectivity index (χ4v) is 3.90. The van der Waals surface area contributed by atoms with Crippen LogP contribution in [0.2, 0.25) is 0 Å². The standard InChI is InChI=1S/C14H25N3OS/c1-4-12-11(2)19-13(17-12)14(16-9-10-18-3)5-7-15-8-6-14/h15-16H,4-10H2,1-3H3. The molecule has 1 aliphatic rings. The van der Waals surface area contributed by atoms with Crippen LogP contribution in [0.5, 0.6) is 0 Å². The van der Waals surface area contributed by atoms with Crippen LogP contribution in [0.4, 0.5) is 0 Å². The van der Waals surface area contributed by atoms with Gasteiger partial charge in [-0.1, -0.05) is 6.92 Å². The zero-order chi connectivity index (χ0) is 13.7. The van der Waals surface area contributed by atoms with Crippen LogP contribution in [0.1, 0.15) is 35.3 Å². The molecule has 108 valence electrons. The third-order valence-electron chi connectivity index (χ3n) is 3.86. The number of thiazole rings is 1. The van der Waals surface area contributed by atoms with Crippen molar-refractivity contribution in [1.29, 1.82) is 0 Å². The minimum atomic E-state index is 0.0482. The van der Waals surface area contributed by atoms with Crippen LogP contribution in [-0.2, 0) is 16.7 Å². The van der Waals surface area contributed by atoms with E-state index >= 15 is 0 Å². The van der Waals surface area contributed by atoms with Crippen LogP contribution < -0.4 is 10.6 Å². The minimum Gasteiger partial charge on any atom is -0.383 e. The Kier molecular flexibility index (Phi) is 5.33. The van der Waals surface area contributed by atoms with Gasteiger partial charge in [0.05, 0.1) is 17.8 Å². The zero-order valence-electron chi connectivity index (χ0n) is 12.2. The lowest BCUT2D eigenvalue weighted by molar-refractivity contribution is 0.170. The summed E-state index contributed by atoms with van der Waals surface area (Å²) >= 11 is 1.86. The lowest BCUT2D eigenvalue weighted by atomic mass is 9.89. The van der Waals surface area contributed by atoms with E-state index in [4.69, 9.17) is 9.72 Å². The quantitative estimate of drug-likeness (QED) is 0.782. The largest absolute Gasteiger partial charge is 0.383 e. The maximum absolute atomic E-state index is 5.17. The van der Waals surface area contributed by atoms with Crippen LogP contribution in [0.25, 0.3) is 0 Å². The second-order valence-electron chi connectivity index (χ2n) is 5.13. The van der Waals surface area contributed by atoms with Gasteiger partial charge in [-0.3, -0.25) is 0 Å². The summed E-state index contributed by atoms with van der Waals surface area (Å²) < 4.78 is 5.17. The first-order valence-corrected chi connectivity index (χ1v) is 7.95. The van der Waals surface area contributed by atoms with E-state index in [2.05, 4.69) is 24.5 Å². The number of hydrogen-bond donors (Lipinski definition) is 2. The van der Waals surface area contributed by atoms with Gasteiger partial charge in [-0.25, -0.2) is 4.98 Å². The summed E-state index contributed by atoms with van der Waals surface area (Å²) in [6.45, 7) is 8.11. The first kappa shape index (κ1) is 14.9. The van der Waals surface area contributed by atoms with Gasteiger partial charge in [-0.2, -0.15) is 0 Å². The summed E-state index contributed by atoms with van der Waals surface area (Å²) in [5.74, 6) is 0. The molecule has 2 heterocycles. The van der Waals surface area contributed by atoms with E-state index in [-0.39, 0.29) is 5.54 Å². The number of ether oxygens (including phenoxy) is 1. The van der Waals surface area contributed by atoms with Crippen molar-refractivity contribution in [3.63, 3.8) is 0 Å². The van der Waals surface area contributed by atoms with Gasteiger partial charge in [0.2, 0.25) is 0 Å². The maximum atomic E-state index is 5.17. The molecular formula is C14H25N3OS. The minimum absolute atomic E-state index is 0.0482. The molecule has 2 rings (SSSR count). The molecule has 2 N–H and O–H groups in total. The molecule has 1 aliphatic heterocycles. The first-order chi connectivity index (χ1) is 9.22. The topological polar surface area (TPSA) is 46.2 Å². The monoisotopic (exact) mass is 283 g/mol. The van der Waals surface area contributed by atoms with Crippen molar-refractivity contribution in [1.82, 2.24) is 15.6 Å². The predicted molar refractivity (Wildman–Crippen MR) is 79.9 cm³/mol. The van der Waals surface area contributed by atoms with E-state index in [9.17, 15) is 0 Å². The van der Waals surface area contributed by atoms with Gasteiger partial charge in [-0.15, -0.1) is 11.3 Å². The fraction of sp³-hybridized carbons (Fsp3) is 0.786. The highest BCUT2D eigenvalue weighted by Crippen LogP contribution is 2.34. The molecule has 1 aromatic heterocycles. The van der Waals surface area contributed by atoms with Crippen LogP contribution in [0, 0.1) is 6.92 Å². The van der Waals surface area contributed by atoms with E-state index < -0.39 is 0 Å². The summed E-state index contributed by atoms with van der Waals surface area (Å²) in [4.78, 5) is 6.26. The Hall–Kier alpha value is -0.490. The Labute approximate surface area is 120 Å². The molecule has 1 fully saturated rings. The Bertz CT molecular complexity index is 399. The van der Waals surface area contributed by atoms with Gasteiger partial charge in [-0.05, 0) is 39.3 Å². The van der Waals surface area contributed by atoms with Gasteiger partial charge in [0.15, 0.2) is 0 Å². The third kappa shape index (κ3) is 3.34. The highest BCUT2D eigenvalue weighted by atomic mass is 32.1. The summed E-state index contributed by atoms with van der Waals surface area (Å²) in [6, 6.07) is 0. The van der Waals surface area contributed by atoms with Gasteiger partial charge in [0.25, 0.3) is 0 Å². The number of methoxy groups -OCH3 is 1. The summed E-state index contributed by atoms with van der Waals surface area (Å²) in [6.07, 6.45) is 3.23. The molecule has 0 unspecified atom stereocenters. The summed E-state index contributed by atoms with van der Waals surface area (Å²) in [5, 5.41) is 8.40. The number of hydrogen-bond acceptors (Lipinski definition) is 5. The van der Waals surface area contributed by atoms with Crippen molar-refractivity contribution in [2.45, 2.75) is 38.6 Å². The van der Waals surface area contributed by atoms with Gasteiger partial charge < -0.3 is 15.4 Å². The molecule has 5 heteroatoms. The number of aromatic nitrogens is 1. The number of nitrogens with zero attached hydrogens (tertiary/aromatic N) is 1. The van der Waals surface area contributed by atoms with E-state index in [0.29, 0.717) is 0 Å². The molecular weight excluding hydrogens is 258 g/mol. The number of piperidine rings is 1. The van der Waals surface area contributed by atoms with E-state index in [1.165, 1.54) is 15.6 Å². The van der Waals surface area contributed by atoms with Crippen molar-refractivity contribution in [3.05, 3.63) is 15.6 Å². The molecule has 0 saturated carbocycles. The van der Waals surface area contributed by atoms with Crippen molar-refractivity contribution in [3.8, 4) is 0 Å².